The number of halogens is 3. The van der Waals surface area contributed by atoms with Gasteiger partial charge in [0.05, 0.1) is 15.7 Å². The molecule has 1 heterocycles. The Morgan fingerprint density at radius 1 is 1.20 bits per heavy atom. The Bertz CT molecular complexity index is 579. The molecule has 2 aromatic rings. The molecule has 1 amide bonds. The normalized spacial score (nSPS) is 10.3. The van der Waals surface area contributed by atoms with Crippen LogP contribution in [-0.2, 0) is 11.2 Å². The summed E-state index contributed by atoms with van der Waals surface area (Å²) in [5.41, 5.74) is 5.72. The van der Waals surface area contributed by atoms with Crippen LogP contribution in [-0.4, -0.2) is 5.91 Å². The molecule has 0 aliphatic carbocycles. The number of thiophene rings is 1. The summed E-state index contributed by atoms with van der Waals surface area (Å²) in [5, 5.41) is 3.12. The van der Waals surface area contributed by atoms with Gasteiger partial charge in [-0.3, -0.25) is 15.6 Å². The van der Waals surface area contributed by atoms with Gasteiger partial charge < -0.3 is 0 Å². The third-order valence-corrected chi connectivity index (χ3v) is 4.26. The van der Waals surface area contributed by atoms with Crippen molar-refractivity contribution in [2.24, 2.45) is 0 Å². The van der Waals surface area contributed by atoms with Gasteiger partial charge in [-0.15, -0.1) is 11.3 Å². The molecule has 7 heteroatoms. The molecule has 0 fully saturated rings. The molecule has 0 atom stereocenters. The lowest BCUT2D eigenvalue weighted by atomic mass is 10.2. The highest BCUT2D eigenvalue weighted by Crippen LogP contribution is 2.33. The van der Waals surface area contributed by atoms with Crippen LogP contribution in [0.5, 0.6) is 0 Å². The summed E-state index contributed by atoms with van der Waals surface area (Å²) in [5.74, 6) is -0.138. The zero-order valence-corrected chi connectivity index (χ0v) is 13.3. The van der Waals surface area contributed by atoms with E-state index in [0.29, 0.717) is 33.6 Å². The highest BCUT2D eigenvalue weighted by Gasteiger charge is 2.09. The molecule has 0 radical (unpaired) electrons. The third kappa shape index (κ3) is 4.28. The molecule has 0 bridgehead atoms. The van der Waals surface area contributed by atoms with Crippen LogP contribution in [0.4, 0.5) is 5.69 Å². The van der Waals surface area contributed by atoms with E-state index in [9.17, 15) is 4.79 Å². The van der Waals surface area contributed by atoms with Crippen molar-refractivity contribution in [3.8, 4) is 0 Å². The van der Waals surface area contributed by atoms with Crippen LogP contribution in [0.2, 0.25) is 15.1 Å². The van der Waals surface area contributed by atoms with Gasteiger partial charge >= 0.3 is 0 Å². The van der Waals surface area contributed by atoms with E-state index in [2.05, 4.69) is 10.9 Å². The fourth-order valence-electron chi connectivity index (χ4n) is 1.55. The Morgan fingerprint density at radius 3 is 2.50 bits per heavy atom. The molecule has 0 aliphatic rings. The second kappa shape index (κ2) is 7.18. The molecule has 106 valence electrons. The van der Waals surface area contributed by atoms with Gasteiger partial charge in [0.15, 0.2) is 0 Å². The van der Waals surface area contributed by atoms with Crippen molar-refractivity contribution in [1.82, 2.24) is 5.43 Å². The van der Waals surface area contributed by atoms with Gasteiger partial charge in [0.1, 0.15) is 0 Å². The summed E-state index contributed by atoms with van der Waals surface area (Å²) in [6.07, 6.45) is 1.09. The second-order valence-electron chi connectivity index (χ2n) is 4.00. The molecule has 0 saturated heterocycles. The molecule has 20 heavy (non-hydrogen) atoms. The minimum atomic E-state index is -0.138. The Kier molecular flexibility index (Phi) is 5.54. The summed E-state index contributed by atoms with van der Waals surface area (Å²) in [6, 6.07) is 7.06. The van der Waals surface area contributed by atoms with Gasteiger partial charge in [-0.05, 0) is 30.0 Å². The number of benzene rings is 1. The van der Waals surface area contributed by atoms with Crippen LogP contribution >= 0.6 is 46.1 Å². The maximum atomic E-state index is 11.7. The Morgan fingerprint density at radius 2 is 1.90 bits per heavy atom. The number of carbonyl (C=O) groups excluding carboxylic acids is 1. The predicted octanol–water partition coefficient (Wildman–Crippen LogP) is 4.78. The van der Waals surface area contributed by atoms with E-state index < -0.39 is 0 Å². The van der Waals surface area contributed by atoms with Crippen molar-refractivity contribution < 1.29 is 4.79 Å². The van der Waals surface area contributed by atoms with E-state index in [0.717, 1.165) is 0 Å². The number of anilines is 1. The zero-order valence-electron chi connectivity index (χ0n) is 10.3. The van der Waals surface area contributed by atoms with Gasteiger partial charge in [0.25, 0.3) is 0 Å². The molecule has 1 aromatic carbocycles. The van der Waals surface area contributed by atoms with E-state index in [1.54, 1.807) is 23.5 Å². The first-order valence-electron chi connectivity index (χ1n) is 5.78. The van der Waals surface area contributed by atoms with Crippen LogP contribution in [0.1, 0.15) is 11.3 Å². The fourth-order valence-corrected chi connectivity index (χ4v) is 3.17. The summed E-state index contributed by atoms with van der Waals surface area (Å²) in [7, 11) is 0. The van der Waals surface area contributed by atoms with Gasteiger partial charge in [-0.1, -0.05) is 40.9 Å². The SMILES string of the molecule is O=C(CCc1cccs1)NNc1c(Cl)cc(Cl)cc1Cl. The van der Waals surface area contributed by atoms with Gasteiger partial charge in [-0.2, -0.15) is 0 Å². The largest absolute Gasteiger partial charge is 0.296 e. The van der Waals surface area contributed by atoms with E-state index >= 15 is 0 Å². The maximum Gasteiger partial charge on any atom is 0.238 e. The standard InChI is InChI=1S/C13H11Cl3N2OS/c14-8-6-10(15)13(11(16)7-8)18-17-12(19)4-3-9-2-1-5-20-9/h1-2,5-7,18H,3-4H2,(H,17,19). The van der Waals surface area contributed by atoms with Crippen molar-refractivity contribution in [3.05, 3.63) is 49.6 Å². The van der Waals surface area contributed by atoms with Gasteiger partial charge in [0.2, 0.25) is 5.91 Å². The smallest absolute Gasteiger partial charge is 0.238 e. The van der Waals surface area contributed by atoms with E-state index in [-0.39, 0.29) is 5.91 Å². The fraction of sp³-hybridized carbons (Fsp3) is 0.154. The number of rotatable bonds is 5. The first kappa shape index (κ1) is 15.4. The average Bonchev–Trinajstić information content (AvgIpc) is 2.88. The third-order valence-electron chi connectivity index (χ3n) is 2.51. The molecule has 0 unspecified atom stereocenters. The zero-order chi connectivity index (χ0) is 14.5. The molecular weight excluding hydrogens is 339 g/mol. The van der Waals surface area contributed by atoms with Crippen molar-refractivity contribution in [3.63, 3.8) is 0 Å². The number of aryl methyl sites for hydroxylation is 1. The van der Waals surface area contributed by atoms with E-state index in [1.165, 1.54) is 4.88 Å². The summed E-state index contributed by atoms with van der Waals surface area (Å²) in [4.78, 5) is 12.9. The molecular formula is C13H11Cl3N2OS. The van der Waals surface area contributed by atoms with Crippen LogP contribution in [0.25, 0.3) is 0 Å². The number of hydrazine groups is 1. The molecule has 1 aromatic heterocycles. The van der Waals surface area contributed by atoms with Gasteiger partial charge in [0, 0.05) is 16.3 Å². The minimum Gasteiger partial charge on any atom is -0.296 e. The van der Waals surface area contributed by atoms with Crippen LogP contribution < -0.4 is 10.9 Å². The van der Waals surface area contributed by atoms with Crippen molar-refractivity contribution >= 4 is 57.7 Å². The number of hydrogen-bond acceptors (Lipinski definition) is 3. The van der Waals surface area contributed by atoms with Gasteiger partial charge in [-0.25, -0.2) is 0 Å². The first-order chi connectivity index (χ1) is 9.56. The molecule has 0 aliphatic heterocycles. The van der Waals surface area contributed by atoms with Crippen molar-refractivity contribution in [2.45, 2.75) is 12.8 Å². The Hall–Kier alpha value is -0.940. The summed E-state index contributed by atoms with van der Waals surface area (Å²) >= 11 is 19.4. The number of hydrogen-bond donors (Lipinski definition) is 2. The molecule has 3 nitrogen and oxygen atoms in total. The van der Waals surface area contributed by atoms with E-state index in [1.807, 2.05) is 17.5 Å². The van der Waals surface area contributed by atoms with Crippen molar-refractivity contribution in [1.29, 1.82) is 0 Å². The van der Waals surface area contributed by atoms with E-state index in [4.69, 9.17) is 34.8 Å². The monoisotopic (exact) mass is 348 g/mol. The van der Waals surface area contributed by atoms with Crippen molar-refractivity contribution in [2.75, 3.05) is 5.43 Å². The highest BCUT2D eigenvalue weighted by atomic mass is 35.5. The summed E-state index contributed by atoms with van der Waals surface area (Å²) < 4.78 is 0. The molecule has 0 saturated carbocycles. The minimum absolute atomic E-state index is 0.138. The molecule has 0 spiro atoms. The highest BCUT2D eigenvalue weighted by molar-refractivity contribution is 7.09. The van der Waals surface area contributed by atoms with Crippen LogP contribution in [0.15, 0.2) is 29.6 Å². The Balaban J connectivity index is 1.87. The average molecular weight is 350 g/mol. The molecule has 2 N–H and O–H groups in total. The number of amides is 1. The predicted molar refractivity (Wildman–Crippen MR) is 85.9 cm³/mol. The van der Waals surface area contributed by atoms with Crippen LogP contribution in [0, 0.1) is 0 Å². The lowest BCUT2D eigenvalue weighted by Crippen LogP contribution is -2.29. The topological polar surface area (TPSA) is 41.1 Å². The second-order valence-corrected chi connectivity index (χ2v) is 6.28. The first-order valence-corrected chi connectivity index (χ1v) is 7.79. The molecule has 2 rings (SSSR count). The maximum absolute atomic E-state index is 11.7. The lowest BCUT2D eigenvalue weighted by molar-refractivity contribution is -0.120. The summed E-state index contributed by atoms with van der Waals surface area (Å²) in [6.45, 7) is 0. The van der Waals surface area contributed by atoms with Crippen LogP contribution in [0.3, 0.4) is 0 Å². The lowest BCUT2D eigenvalue weighted by Gasteiger charge is -2.11. The Labute approximate surface area is 135 Å². The number of carbonyl (C=O) groups is 1. The number of nitrogens with one attached hydrogen (secondary N) is 2. The quantitative estimate of drug-likeness (QED) is 0.762.